The molecule has 1 heterocycles. The van der Waals surface area contributed by atoms with Crippen molar-refractivity contribution in [2.45, 2.75) is 19.5 Å². The number of rotatable bonds is 8. The van der Waals surface area contributed by atoms with Crippen molar-refractivity contribution in [2.75, 3.05) is 5.32 Å². The van der Waals surface area contributed by atoms with Gasteiger partial charge in [0, 0.05) is 29.8 Å². The van der Waals surface area contributed by atoms with Gasteiger partial charge in [-0.1, -0.05) is 53.7 Å². The highest BCUT2D eigenvalue weighted by molar-refractivity contribution is 5.94. The van der Waals surface area contributed by atoms with Crippen molar-refractivity contribution < 1.29 is 13.7 Å². The summed E-state index contributed by atoms with van der Waals surface area (Å²) in [5.41, 5.74) is 2.87. The van der Waals surface area contributed by atoms with Crippen LogP contribution in [0.1, 0.15) is 33.2 Å². The van der Waals surface area contributed by atoms with E-state index in [0.29, 0.717) is 35.8 Å². The van der Waals surface area contributed by atoms with E-state index in [9.17, 15) is 9.18 Å². The molecule has 1 aromatic heterocycles. The van der Waals surface area contributed by atoms with Crippen molar-refractivity contribution in [1.82, 2.24) is 15.5 Å². The number of hydrogen-bond acceptors (Lipinski definition) is 5. The van der Waals surface area contributed by atoms with Crippen LogP contribution in [-0.4, -0.2) is 16.0 Å². The average Bonchev–Trinajstić information content (AvgIpc) is 3.25. The van der Waals surface area contributed by atoms with Crippen LogP contribution in [0.3, 0.4) is 0 Å². The van der Waals surface area contributed by atoms with Crippen LogP contribution in [0.25, 0.3) is 0 Å². The van der Waals surface area contributed by atoms with Gasteiger partial charge >= 0.3 is 0 Å². The third-order valence-corrected chi connectivity index (χ3v) is 4.70. The molecule has 4 aromatic rings. The van der Waals surface area contributed by atoms with Gasteiger partial charge in [0.1, 0.15) is 5.82 Å². The molecule has 0 unspecified atom stereocenters. The van der Waals surface area contributed by atoms with E-state index in [2.05, 4.69) is 20.8 Å². The predicted molar refractivity (Wildman–Crippen MR) is 115 cm³/mol. The Hall–Kier alpha value is -4.00. The highest BCUT2D eigenvalue weighted by atomic mass is 19.1. The Bertz CT molecular complexity index is 1140. The molecule has 31 heavy (non-hydrogen) atoms. The summed E-state index contributed by atoms with van der Waals surface area (Å²) >= 11 is 0. The molecular formula is C24H21FN4O2. The third kappa shape index (κ3) is 5.54. The van der Waals surface area contributed by atoms with Crippen molar-refractivity contribution in [3.8, 4) is 0 Å². The topological polar surface area (TPSA) is 80.0 Å². The van der Waals surface area contributed by atoms with Crippen molar-refractivity contribution in [3.63, 3.8) is 0 Å². The Morgan fingerprint density at radius 3 is 2.42 bits per heavy atom. The van der Waals surface area contributed by atoms with Gasteiger partial charge in [-0.05, 0) is 35.9 Å². The van der Waals surface area contributed by atoms with Crippen LogP contribution in [-0.2, 0) is 19.5 Å². The Kier molecular flexibility index (Phi) is 6.32. The van der Waals surface area contributed by atoms with Crippen LogP contribution in [0.15, 0.2) is 83.4 Å². The van der Waals surface area contributed by atoms with Crippen LogP contribution in [0.2, 0.25) is 0 Å². The number of halogens is 1. The van der Waals surface area contributed by atoms with Gasteiger partial charge in [0.15, 0.2) is 5.82 Å². The molecule has 6 nitrogen and oxygen atoms in total. The molecule has 0 aliphatic heterocycles. The molecule has 2 N–H and O–H groups in total. The van der Waals surface area contributed by atoms with E-state index in [-0.39, 0.29) is 18.3 Å². The van der Waals surface area contributed by atoms with Crippen LogP contribution in [0.4, 0.5) is 10.1 Å². The zero-order valence-electron chi connectivity index (χ0n) is 16.7. The number of nitrogens with one attached hydrogen (secondary N) is 2. The number of amides is 1. The standard InChI is InChI=1S/C24H21FN4O2/c25-21-9-5-4-8-19(21)15-27-24(30)18-10-12-20(13-11-18)26-16-23-28-22(29-31-23)14-17-6-2-1-3-7-17/h1-13,26H,14-16H2,(H,27,30). The van der Waals surface area contributed by atoms with Crippen LogP contribution < -0.4 is 10.6 Å². The number of benzene rings is 3. The fourth-order valence-corrected chi connectivity index (χ4v) is 3.05. The number of anilines is 1. The Balaban J connectivity index is 1.28. The van der Waals surface area contributed by atoms with Gasteiger partial charge < -0.3 is 15.2 Å². The summed E-state index contributed by atoms with van der Waals surface area (Å²) in [6.45, 7) is 0.509. The summed E-state index contributed by atoms with van der Waals surface area (Å²) in [7, 11) is 0. The lowest BCUT2D eigenvalue weighted by molar-refractivity contribution is 0.0950. The quantitative estimate of drug-likeness (QED) is 0.447. The lowest BCUT2D eigenvalue weighted by Gasteiger charge is -2.08. The van der Waals surface area contributed by atoms with E-state index in [1.807, 2.05) is 30.3 Å². The second kappa shape index (κ2) is 9.67. The van der Waals surface area contributed by atoms with E-state index in [1.54, 1.807) is 42.5 Å². The maximum Gasteiger partial charge on any atom is 0.251 e. The van der Waals surface area contributed by atoms with Gasteiger partial charge in [0.05, 0.1) is 6.54 Å². The second-order valence-corrected chi connectivity index (χ2v) is 6.97. The lowest BCUT2D eigenvalue weighted by atomic mass is 10.1. The first kappa shape index (κ1) is 20.3. The maximum absolute atomic E-state index is 13.7. The predicted octanol–water partition coefficient (Wildman–Crippen LogP) is 4.34. The third-order valence-electron chi connectivity index (χ3n) is 4.70. The van der Waals surface area contributed by atoms with E-state index >= 15 is 0 Å². The summed E-state index contributed by atoms with van der Waals surface area (Å²) in [5, 5.41) is 9.92. The fourth-order valence-electron chi connectivity index (χ4n) is 3.05. The summed E-state index contributed by atoms with van der Waals surface area (Å²) in [5.74, 6) is 0.509. The molecule has 1 amide bonds. The summed E-state index contributed by atoms with van der Waals surface area (Å²) in [6, 6.07) is 23.3. The smallest absolute Gasteiger partial charge is 0.251 e. The van der Waals surface area contributed by atoms with E-state index < -0.39 is 0 Å². The molecule has 0 spiro atoms. The van der Waals surface area contributed by atoms with Crippen molar-refractivity contribution >= 4 is 11.6 Å². The summed E-state index contributed by atoms with van der Waals surface area (Å²) < 4.78 is 18.9. The fraction of sp³-hybridized carbons (Fsp3) is 0.125. The number of aromatic nitrogens is 2. The van der Waals surface area contributed by atoms with Crippen molar-refractivity contribution in [3.05, 3.63) is 113 Å². The zero-order valence-corrected chi connectivity index (χ0v) is 16.7. The normalized spacial score (nSPS) is 10.6. The Morgan fingerprint density at radius 1 is 0.903 bits per heavy atom. The van der Waals surface area contributed by atoms with Crippen LogP contribution in [0, 0.1) is 5.82 Å². The minimum absolute atomic E-state index is 0.133. The van der Waals surface area contributed by atoms with E-state index in [4.69, 9.17) is 4.52 Å². The molecule has 0 radical (unpaired) electrons. The SMILES string of the molecule is O=C(NCc1ccccc1F)c1ccc(NCc2nc(Cc3ccccc3)no2)cc1. The minimum atomic E-state index is -0.338. The monoisotopic (exact) mass is 416 g/mol. The Morgan fingerprint density at radius 2 is 1.65 bits per heavy atom. The van der Waals surface area contributed by atoms with Gasteiger partial charge in [-0.25, -0.2) is 4.39 Å². The molecule has 7 heteroatoms. The highest BCUT2D eigenvalue weighted by Crippen LogP contribution is 2.13. The lowest BCUT2D eigenvalue weighted by Crippen LogP contribution is -2.23. The maximum atomic E-state index is 13.7. The first-order valence-corrected chi connectivity index (χ1v) is 9.88. The van der Waals surface area contributed by atoms with Gasteiger partial charge in [0.25, 0.3) is 5.91 Å². The number of nitrogens with zero attached hydrogens (tertiary/aromatic N) is 2. The molecule has 0 saturated heterocycles. The van der Waals surface area contributed by atoms with Crippen LogP contribution >= 0.6 is 0 Å². The molecule has 3 aromatic carbocycles. The van der Waals surface area contributed by atoms with Crippen LogP contribution in [0.5, 0.6) is 0 Å². The molecule has 0 aliphatic carbocycles. The molecule has 4 rings (SSSR count). The number of carbonyl (C=O) groups excluding carboxylic acids is 1. The second-order valence-electron chi connectivity index (χ2n) is 6.97. The molecular weight excluding hydrogens is 395 g/mol. The molecule has 0 atom stereocenters. The zero-order chi connectivity index (χ0) is 21.5. The first-order valence-electron chi connectivity index (χ1n) is 9.88. The minimum Gasteiger partial charge on any atom is -0.376 e. The number of hydrogen-bond donors (Lipinski definition) is 2. The van der Waals surface area contributed by atoms with Gasteiger partial charge in [-0.2, -0.15) is 4.98 Å². The first-order chi connectivity index (χ1) is 15.2. The van der Waals surface area contributed by atoms with Gasteiger partial charge in [-0.3, -0.25) is 4.79 Å². The average molecular weight is 416 g/mol. The molecule has 0 saturated carbocycles. The van der Waals surface area contributed by atoms with Gasteiger partial charge in [0.2, 0.25) is 5.89 Å². The summed E-state index contributed by atoms with van der Waals surface area (Å²) in [6.07, 6.45) is 0.612. The van der Waals surface area contributed by atoms with Crippen molar-refractivity contribution in [2.24, 2.45) is 0 Å². The molecule has 0 bridgehead atoms. The van der Waals surface area contributed by atoms with E-state index in [0.717, 1.165) is 11.3 Å². The molecule has 0 fully saturated rings. The molecule has 156 valence electrons. The largest absolute Gasteiger partial charge is 0.376 e. The van der Waals surface area contributed by atoms with Gasteiger partial charge in [-0.15, -0.1) is 0 Å². The number of carbonyl (C=O) groups is 1. The molecule has 0 aliphatic rings. The highest BCUT2D eigenvalue weighted by Gasteiger charge is 2.09. The Labute approximate surface area is 179 Å². The van der Waals surface area contributed by atoms with Crippen molar-refractivity contribution in [1.29, 1.82) is 0 Å². The van der Waals surface area contributed by atoms with E-state index in [1.165, 1.54) is 6.07 Å². The summed E-state index contributed by atoms with van der Waals surface area (Å²) in [4.78, 5) is 16.7.